The summed E-state index contributed by atoms with van der Waals surface area (Å²) < 4.78 is 37.5. The van der Waals surface area contributed by atoms with E-state index in [9.17, 15) is 0 Å². The van der Waals surface area contributed by atoms with Crippen LogP contribution >= 0.6 is 54.5 Å². The van der Waals surface area contributed by atoms with E-state index in [4.69, 9.17) is 1.34 Å². The number of rotatable bonds is 13. The first kappa shape index (κ1) is 106. The van der Waals surface area contributed by atoms with Crippen molar-refractivity contribution >= 4 is 80.2 Å². The van der Waals surface area contributed by atoms with Gasteiger partial charge >= 0.3 is 95.0 Å². The zero-order chi connectivity index (χ0) is 93.7. The average molecular weight is 2560 g/mol. The zero-order valence-corrected chi connectivity index (χ0v) is 88.2. The number of para-hydroxylation sites is 5. The molecule has 687 valence electrons. The first-order valence-corrected chi connectivity index (χ1v) is 46.4. The van der Waals surface area contributed by atoms with Crippen LogP contribution in [0.4, 0.5) is 11.4 Å². The van der Waals surface area contributed by atoms with E-state index < -0.39 is 0 Å². The normalized spacial score (nSPS) is 10.2. The number of benzene rings is 12. The summed E-state index contributed by atoms with van der Waals surface area (Å²) in [6, 6.07) is 121. The summed E-state index contributed by atoms with van der Waals surface area (Å²) in [5.74, 6) is 0. The predicted molar refractivity (Wildman–Crippen MR) is 536 cm³/mol. The fraction of sp³-hybridized carbons (Fsp3) is 0.0187. The van der Waals surface area contributed by atoms with Gasteiger partial charge in [-0.25, -0.2) is 58.4 Å². The van der Waals surface area contributed by atoms with Gasteiger partial charge in [-0.3, -0.25) is 0 Å². The summed E-state index contributed by atoms with van der Waals surface area (Å²) in [5, 5.41) is 0. The monoisotopic (exact) mass is 2560 g/mol. The molecule has 22 aromatic rings. The number of imidazole rings is 10. The van der Waals surface area contributed by atoms with Crippen molar-refractivity contribution in [1.82, 2.24) is 81.4 Å². The topological polar surface area (TPSA) is 179 Å². The molecular weight excluding hydrogens is 2460 g/mol. The number of H-pyrrole nitrogens is 2. The van der Waals surface area contributed by atoms with Crippen LogP contribution in [-0.2, 0) is 34.2 Å². The van der Waals surface area contributed by atoms with Crippen LogP contribution in [0.5, 0.6) is 0 Å². The molecule has 12 aromatic carbocycles. The number of aromatic amines is 2. The van der Waals surface area contributed by atoms with Gasteiger partial charge in [-0.1, -0.05) is 169 Å². The quantitative estimate of drug-likeness (QED) is 0.0499. The van der Waals surface area contributed by atoms with E-state index in [1.807, 2.05) is 296 Å². The van der Waals surface area contributed by atoms with Crippen molar-refractivity contribution in [2.45, 2.75) is 0 Å². The van der Waals surface area contributed by atoms with E-state index in [0.717, 1.165) is 60.1 Å². The first-order chi connectivity index (χ1) is 66.5. The summed E-state index contributed by atoms with van der Waals surface area (Å²) in [6.45, 7) is 0. The molecule has 23 rings (SSSR count). The Hall–Kier alpha value is -13.5. The Bertz CT molecular complexity index is 6520. The van der Waals surface area contributed by atoms with E-state index >= 15 is 0 Å². The molecule has 1 aliphatic heterocycles. The van der Waals surface area contributed by atoms with Gasteiger partial charge in [0.2, 0.25) is 12.7 Å². The molecule has 0 aliphatic carbocycles. The first-order valence-electron chi connectivity index (χ1n) is 42.1. The molecule has 2 N–H and O–H groups in total. The summed E-state index contributed by atoms with van der Waals surface area (Å²) in [4.78, 5) is 32.6. The third-order valence-corrected chi connectivity index (χ3v) is 22.8. The molecule has 30 heteroatoms. The van der Waals surface area contributed by atoms with Crippen LogP contribution in [-0.4, -0.2) is 106 Å². The van der Waals surface area contributed by atoms with Gasteiger partial charge in [0.25, 0.3) is 18.7 Å². The minimum atomic E-state index is 0. The fourth-order valence-electron chi connectivity index (χ4n) is 12.0. The second-order valence-electron chi connectivity index (χ2n) is 27.9. The number of aromatic nitrogens is 20. The van der Waals surface area contributed by atoms with Gasteiger partial charge < -0.3 is 90.7 Å². The van der Waals surface area contributed by atoms with Gasteiger partial charge in [-0.2, -0.15) is 66.0 Å². The zero-order valence-electron chi connectivity index (χ0n) is 75.0. The van der Waals surface area contributed by atoms with E-state index in [0.29, 0.717) is 0 Å². The van der Waals surface area contributed by atoms with Crippen LogP contribution in [0.25, 0.3) is 51.2 Å². The molecule has 0 amide bonds. The molecule has 11 heterocycles. The molecule has 0 spiro atoms. The van der Waals surface area contributed by atoms with Crippen LogP contribution in [0.2, 0.25) is 0 Å². The predicted octanol–water partition coefficient (Wildman–Crippen LogP) is 11.5. The van der Waals surface area contributed by atoms with Crippen molar-refractivity contribution in [3.05, 3.63) is 559 Å². The van der Waals surface area contributed by atoms with Crippen molar-refractivity contribution in [3.8, 4) is 51.2 Å². The Morgan fingerprint density at radius 2 is 0.752 bits per heavy atom. The summed E-state index contributed by atoms with van der Waals surface area (Å²) in [6.07, 6.45) is 61.6. The second kappa shape index (κ2) is 60.7. The number of aryl methyl sites for hydroxylation is 2. The molecule has 10 aromatic heterocycles. The summed E-state index contributed by atoms with van der Waals surface area (Å²) in [7, 11) is 7.79. The number of hydrogen-bond acceptors (Lipinski definition) is 7. The standard InChI is InChI=1S/C15H13N2.C15H10N2.C14H16N4.C12H10I.C12H10N4.C12H7N4.C9H8N2.C6H4Br2.C6H5I.2C3H4N2.BH.2HI.Ir/c2*1-3-7-14(8-4-1)16-11-12-17(13-16)15-9-5-2-6-10-15;1-15-6-8-17(11-15)13-4-3-5-14(10-13)18-9-7-16(2)12-18;1-3-7-11(8-4-1)13-12-9-5-2-6-10-12;2*1-2-11(15-6-4-13-9-15)8-12(3-1)16-7-5-14-10-16;1-2-4-9(5-3-1)11-7-6-10-8-11;7-5-2-1-3-6(8)4-5;7-6-4-2-1-3-5-6;2*1-2-5-3-4-1;;;;/h1-13H;1-7,9,11-12H;3-12H,1-2H3;1-10H;1-10H;1-7H;1-8H;1-4H;1-5H;2*1-3H,(H,4,5);3*1H;/q+1;;+2;-1;;-3;;;;;;;;;/p-2/i;;;;;;;;;;;1D;;;. The van der Waals surface area contributed by atoms with Crippen LogP contribution in [0, 0.1) is 41.6 Å². The molecule has 0 fully saturated rings. The van der Waals surface area contributed by atoms with Gasteiger partial charge in [-0.05, 0) is 121 Å². The maximum atomic E-state index is 5.25. The van der Waals surface area contributed by atoms with Crippen molar-refractivity contribution < 1.29 is 112 Å². The average Bonchev–Trinajstić information content (AvgIpc) is 1.68. The van der Waals surface area contributed by atoms with E-state index in [1.165, 1.54) is 22.1 Å². The van der Waals surface area contributed by atoms with Crippen molar-refractivity contribution in [1.29, 1.82) is 1.34 Å². The molecule has 0 atom stereocenters. The van der Waals surface area contributed by atoms with Crippen LogP contribution in [0.3, 0.4) is 0 Å². The SMILES string of the molecule is Brc1cccc(Br)c1.C1=[N+](c2[c-]cccc2)C=C[N+]=1c1[c-]cccc1.C[n+]1ccn(-c2cccc(-n3cc[n+](C)c3)c2)c1.Ic1ccccc1.[2H][B].[I-].[I-].[Ir].[c-]1c(-n2[c-]ncc2)cccc1-n1[c-]ncc1.c1c[nH]cn1.c1c[nH]cn1.c1cc(-n2ccnc2)cc(-n2ccnc2)c1.c1ccc(-n2cc[n+](-c3ccccc3)c2)cc1.c1ccc(-n2ccnc2)cc1.c1ccc([I-]c2ccccc2)cc1. The van der Waals surface area contributed by atoms with E-state index in [-0.39, 0.29) is 89.3 Å². The van der Waals surface area contributed by atoms with Crippen molar-refractivity contribution in [2.24, 2.45) is 14.1 Å². The minimum absolute atomic E-state index is 0. The number of nitrogens with zero attached hydrogens (tertiary/aromatic N) is 20. The summed E-state index contributed by atoms with van der Waals surface area (Å²) >= 11 is 8.97. The molecule has 1 aliphatic rings. The van der Waals surface area contributed by atoms with Gasteiger partial charge in [0, 0.05) is 139 Å². The molecular formula is C107H92BBr2I4IrN22-3. The van der Waals surface area contributed by atoms with Gasteiger partial charge in [0.1, 0.15) is 71.3 Å². The van der Waals surface area contributed by atoms with Crippen molar-refractivity contribution in [2.75, 3.05) is 0 Å². The van der Waals surface area contributed by atoms with Gasteiger partial charge in [-0.15, -0.1) is 12.1 Å². The second-order valence-corrected chi connectivity index (χ2v) is 34.1. The molecule has 0 bridgehead atoms. The number of nitrogens with one attached hydrogen (secondary N) is 2. The fourth-order valence-corrected chi connectivity index (χ4v) is 15.8. The maximum absolute atomic E-state index is 5.25. The molecule has 0 saturated heterocycles. The third-order valence-electron chi connectivity index (χ3n) is 18.4. The Kier molecular flexibility index (Phi) is 46.8. The summed E-state index contributed by atoms with van der Waals surface area (Å²) in [5.41, 5.74) is 11.7. The van der Waals surface area contributed by atoms with Crippen LogP contribution in [0.15, 0.2) is 517 Å². The van der Waals surface area contributed by atoms with Gasteiger partial charge in [0.05, 0.1) is 45.7 Å². The number of halogens is 6. The van der Waals surface area contributed by atoms with Crippen LogP contribution in [0.1, 0.15) is 0 Å². The Morgan fingerprint density at radius 1 is 0.380 bits per heavy atom. The Labute approximate surface area is 889 Å². The Morgan fingerprint density at radius 3 is 1.09 bits per heavy atom. The van der Waals surface area contributed by atoms with Crippen LogP contribution < -0.4 is 82.9 Å². The molecule has 0 saturated carbocycles. The molecule has 3 radical (unpaired) electrons. The molecule has 137 heavy (non-hydrogen) atoms. The van der Waals surface area contributed by atoms with E-state index in [2.05, 4.69) is 334 Å². The number of hydrogen-bond donors (Lipinski definition) is 2. The third kappa shape index (κ3) is 36.9. The Balaban J connectivity index is 0.000000172. The van der Waals surface area contributed by atoms with E-state index in [1.54, 1.807) is 96.5 Å². The van der Waals surface area contributed by atoms with Crippen molar-refractivity contribution in [3.63, 3.8) is 0 Å². The molecule has 0 unspecified atom stereocenters. The van der Waals surface area contributed by atoms with Gasteiger partial charge in [0.15, 0.2) is 0 Å². The molecule has 22 nitrogen and oxygen atoms in total.